The lowest BCUT2D eigenvalue weighted by Crippen LogP contribution is -2.39. The fourth-order valence-corrected chi connectivity index (χ4v) is 2.16. The SMILES string of the molecule is C1=CNN(Nc2cnn(C3CCNCC3)c2)C=N1. The van der Waals surface area contributed by atoms with Crippen molar-refractivity contribution in [2.75, 3.05) is 18.5 Å². The topological polar surface area (TPSA) is 69.5 Å². The summed E-state index contributed by atoms with van der Waals surface area (Å²) in [6.07, 6.45) is 11.2. The molecule has 0 spiro atoms. The fourth-order valence-electron chi connectivity index (χ4n) is 2.16. The molecule has 0 atom stereocenters. The number of aromatic nitrogens is 2. The van der Waals surface area contributed by atoms with Gasteiger partial charge in [-0.05, 0) is 25.9 Å². The monoisotopic (exact) mass is 247 g/mol. The van der Waals surface area contributed by atoms with Gasteiger partial charge in [-0.2, -0.15) is 10.2 Å². The van der Waals surface area contributed by atoms with E-state index in [2.05, 4.69) is 26.3 Å². The summed E-state index contributed by atoms with van der Waals surface area (Å²) in [5.74, 6) is 0. The molecule has 96 valence electrons. The number of hydrogen-bond donors (Lipinski definition) is 3. The molecule has 1 fully saturated rings. The van der Waals surface area contributed by atoms with Gasteiger partial charge in [-0.1, -0.05) is 0 Å². The van der Waals surface area contributed by atoms with Gasteiger partial charge in [0.05, 0.1) is 24.1 Å². The summed E-state index contributed by atoms with van der Waals surface area (Å²) in [6, 6.07) is 0.504. The van der Waals surface area contributed by atoms with Gasteiger partial charge in [0.1, 0.15) is 6.34 Å². The lowest BCUT2D eigenvalue weighted by atomic mass is 10.1. The molecule has 7 nitrogen and oxygen atoms in total. The number of hydrogen-bond acceptors (Lipinski definition) is 6. The first kappa shape index (κ1) is 11.1. The highest BCUT2D eigenvalue weighted by Gasteiger charge is 2.15. The molecule has 1 saturated heterocycles. The highest BCUT2D eigenvalue weighted by atomic mass is 15.7. The Bertz CT molecular complexity index is 444. The van der Waals surface area contributed by atoms with Crippen LogP contribution in [0.25, 0.3) is 0 Å². The van der Waals surface area contributed by atoms with E-state index in [9.17, 15) is 0 Å². The van der Waals surface area contributed by atoms with Gasteiger partial charge in [0, 0.05) is 12.4 Å². The van der Waals surface area contributed by atoms with E-state index < -0.39 is 0 Å². The minimum absolute atomic E-state index is 0.504. The van der Waals surface area contributed by atoms with E-state index >= 15 is 0 Å². The average Bonchev–Trinajstić information content (AvgIpc) is 2.89. The van der Waals surface area contributed by atoms with Crippen molar-refractivity contribution in [1.29, 1.82) is 0 Å². The molecule has 1 aromatic heterocycles. The van der Waals surface area contributed by atoms with Crippen molar-refractivity contribution in [3.63, 3.8) is 0 Å². The second kappa shape index (κ2) is 5.09. The van der Waals surface area contributed by atoms with Crippen LogP contribution in [0.5, 0.6) is 0 Å². The Morgan fingerprint density at radius 3 is 3.00 bits per heavy atom. The molecule has 0 bridgehead atoms. The maximum atomic E-state index is 4.41. The van der Waals surface area contributed by atoms with Gasteiger partial charge in [-0.25, -0.2) is 4.99 Å². The van der Waals surface area contributed by atoms with E-state index in [1.165, 1.54) is 0 Å². The van der Waals surface area contributed by atoms with Crippen molar-refractivity contribution in [2.45, 2.75) is 18.9 Å². The Morgan fingerprint density at radius 1 is 1.33 bits per heavy atom. The number of nitrogens with zero attached hydrogens (tertiary/aromatic N) is 4. The van der Waals surface area contributed by atoms with Gasteiger partial charge < -0.3 is 5.32 Å². The van der Waals surface area contributed by atoms with E-state index in [0.717, 1.165) is 31.6 Å². The molecule has 0 radical (unpaired) electrons. The van der Waals surface area contributed by atoms with Gasteiger partial charge in [-0.15, -0.1) is 0 Å². The Labute approximate surface area is 106 Å². The lowest BCUT2D eigenvalue weighted by Gasteiger charge is -2.23. The molecule has 0 unspecified atom stereocenters. The standard InChI is InChI=1S/C11H17N7/c1-3-12-4-2-11(1)17-8-10(7-15-17)16-18-9-13-5-6-14-18/h5-9,11-12,14,16H,1-4H2. The Morgan fingerprint density at radius 2 is 2.22 bits per heavy atom. The molecule has 2 aliphatic heterocycles. The van der Waals surface area contributed by atoms with Crippen LogP contribution in [0.15, 0.2) is 29.8 Å². The van der Waals surface area contributed by atoms with Crippen molar-refractivity contribution >= 4 is 12.0 Å². The quantitative estimate of drug-likeness (QED) is 0.723. The van der Waals surface area contributed by atoms with Crippen molar-refractivity contribution in [2.24, 2.45) is 4.99 Å². The summed E-state index contributed by atoms with van der Waals surface area (Å²) in [5.41, 5.74) is 7.11. The van der Waals surface area contributed by atoms with Crippen LogP contribution in [0.3, 0.4) is 0 Å². The minimum Gasteiger partial charge on any atom is -0.317 e. The molecule has 0 amide bonds. The molecule has 0 aliphatic carbocycles. The molecule has 2 aliphatic rings. The third kappa shape index (κ3) is 2.45. The first-order valence-corrected chi connectivity index (χ1v) is 6.17. The molecule has 3 rings (SSSR count). The van der Waals surface area contributed by atoms with Gasteiger partial charge in [0.2, 0.25) is 0 Å². The van der Waals surface area contributed by atoms with Crippen LogP contribution in [0.2, 0.25) is 0 Å². The van der Waals surface area contributed by atoms with Crippen LogP contribution in [-0.2, 0) is 0 Å². The summed E-state index contributed by atoms with van der Waals surface area (Å²) < 4.78 is 2.04. The van der Waals surface area contributed by atoms with E-state index in [4.69, 9.17) is 0 Å². The second-order valence-electron chi connectivity index (χ2n) is 4.38. The van der Waals surface area contributed by atoms with E-state index in [1.54, 1.807) is 23.9 Å². The summed E-state index contributed by atoms with van der Waals surface area (Å²) in [6.45, 7) is 2.14. The predicted molar refractivity (Wildman–Crippen MR) is 69.6 cm³/mol. The molecule has 3 heterocycles. The summed E-state index contributed by atoms with van der Waals surface area (Å²) in [7, 11) is 0. The average molecular weight is 247 g/mol. The number of aliphatic imine (C=N–C) groups is 1. The molecule has 1 aromatic rings. The highest BCUT2D eigenvalue weighted by molar-refractivity contribution is 5.59. The zero-order valence-corrected chi connectivity index (χ0v) is 10.1. The Kier molecular flexibility index (Phi) is 3.14. The van der Waals surface area contributed by atoms with Crippen LogP contribution in [0.1, 0.15) is 18.9 Å². The number of hydrazine groups is 2. The zero-order chi connectivity index (χ0) is 12.2. The third-order valence-corrected chi connectivity index (χ3v) is 3.09. The zero-order valence-electron chi connectivity index (χ0n) is 10.1. The van der Waals surface area contributed by atoms with Crippen LogP contribution in [0.4, 0.5) is 5.69 Å². The number of piperidine rings is 1. The van der Waals surface area contributed by atoms with Gasteiger partial charge in [-0.3, -0.25) is 15.5 Å². The van der Waals surface area contributed by atoms with E-state index in [-0.39, 0.29) is 0 Å². The number of rotatable bonds is 3. The smallest absolute Gasteiger partial charge is 0.133 e. The molecule has 0 saturated carbocycles. The molecule has 3 N–H and O–H groups in total. The first-order chi connectivity index (χ1) is 8.92. The molecule has 7 heteroatoms. The second-order valence-corrected chi connectivity index (χ2v) is 4.38. The molecular weight excluding hydrogens is 230 g/mol. The third-order valence-electron chi connectivity index (χ3n) is 3.09. The van der Waals surface area contributed by atoms with Gasteiger partial charge >= 0.3 is 0 Å². The van der Waals surface area contributed by atoms with Gasteiger partial charge in [0.15, 0.2) is 0 Å². The summed E-state index contributed by atoms with van der Waals surface area (Å²) in [5, 5.41) is 9.46. The Balaban J connectivity index is 1.62. The molecule has 0 aromatic carbocycles. The summed E-state index contributed by atoms with van der Waals surface area (Å²) >= 11 is 0. The Hall–Kier alpha value is -2.02. The van der Waals surface area contributed by atoms with Crippen LogP contribution in [-0.4, -0.2) is 34.3 Å². The minimum atomic E-state index is 0.504. The lowest BCUT2D eigenvalue weighted by molar-refractivity contribution is 0.343. The van der Waals surface area contributed by atoms with Crippen molar-refractivity contribution in [1.82, 2.24) is 25.6 Å². The largest absolute Gasteiger partial charge is 0.317 e. The predicted octanol–water partition coefficient (Wildman–Crippen LogP) is 0.454. The fraction of sp³-hybridized carbons (Fsp3) is 0.455. The van der Waals surface area contributed by atoms with Gasteiger partial charge in [0.25, 0.3) is 0 Å². The van der Waals surface area contributed by atoms with Crippen molar-refractivity contribution < 1.29 is 0 Å². The maximum Gasteiger partial charge on any atom is 0.133 e. The van der Waals surface area contributed by atoms with E-state index in [0.29, 0.717) is 6.04 Å². The van der Waals surface area contributed by atoms with Crippen LogP contribution in [0, 0.1) is 0 Å². The van der Waals surface area contributed by atoms with Crippen LogP contribution < -0.4 is 16.2 Å². The molecule has 18 heavy (non-hydrogen) atoms. The first-order valence-electron chi connectivity index (χ1n) is 6.17. The molecular formula is C11H17N7. The summed E-state index contributed by atoms with van der Waals surface area (Å²) in [4.78, 5) is 4.01. The number of nitrogens with one attached hydrogen (secondary N) is 3. The highest BCUT2D eigenvalue weighted by Crippen LogP contribution is 2.19. The van der Waals surface area contributed by atoms with E-state index in [1.807, 2.05) is 17.1 Å². The maximum absolute atomic E-state index is 4.41. The van der Waals surface area contributed by atoms with Crippen molar-refractivity contribution in [3.8, 4) is 0 Å². The number of anilines is 1. The van der Waals surface area contributed by atoms with Crippen molar-refractivity contribution in [3.05, 3.63) is 24.8 Å². The van der Waals surface area contributed by atoms with Crippen LogP contribution >= 0.6 is 0 Å². The normalized spacial score (nSPS) is 19.9.